The molecule has 1 fully saturated rings. The predicted octanol–water partition coefficient (Wildman–Crippen LogP) is 4.46. The maximum Gasteiger partial charge on any atom is 0.191 e. The molecule has 1 saturated heterocycles. The third kappa shape index (κ3) is 3.06. The monoisotopic (exact) mass is 289 g/mol. The van der Waals surface area contributed by atoms with Gasteiger partial charge in [0.15, 0.2) is 5.90 Å². The fourth-order valence-electron chi connectivity index (χ4n) is 3.21. The van der Waals surface area contributed by atoms with Gasteiger partial charge in [-0.05, 0) is 36.6 Å². The lowest BCUT2D eigenvalue weighted by Gasteiger charge is -2.21. The first kappa shape index (κ1) is 14.1. The molecule has 3 atom stereocenters. The van der Waals surface area contributed by atoms with Gasteiger partial charge in [0.25, 0.3) is 0 Å². The molecule has 0 aromatic heterocycles. The van der Waals surface area contributed by atoms with Crippen molar-refractivity contribution in [2.24, 2.45) is 10.9 Å². The van der Waals surface area contributed by atoms with Crippen molar-refractivity contribution in [1.82, 2.24) is 0 Å². The van der Waals surface area contributed by atoms with E-state index in [2.05, 4.69) is 44.2 Å². The van der Waals surface area contributed by atoms with E-state index < -0.39 is 0 Å². The van der Waals surface area contributed by atoms with Crippen molar-refractivity contribution in [3.8, 4) is 0 Å². The average molecular weight is 289 g/mol. The van der Waals surface area contributed by atoms with Crippen molar-refractivity contribution in [3.05, 3.63) is 35.9 Å². The Morgan fingerprint density at radius 2 is 2.10 bits per heavy atom. The van der Waals surface area contributed by atoms with Gasteiger partial charge in [-0.1, -0.05) is 52.1 Å². The number of hydrogen-bond acceptors (Lipinski definition) is 2. The van der Waals surface area contributed by atoms with Gasteiger partial charge in [-0.25, -0.2) is 4.99 Å². The van der Waals surface area contributed by atoms with E-state index in [0.717, 1.165) is 18.4 Å². The third-order valence-electron chi connectivity index (χ3n) is 4.10. The minimum absolute atomic E-state index is 0.0972. The van der Waals surface area contributed by atoms with Crippen LogP contribution in [0, 0.1) is 5.92 Å². The van der Waals surface area contributed by atoms with E-state index in [1.165, 1.54) is 30.7 Å². The second kappa shape index (κ2) is 6.26. The van der Waals surface area contributed by atoms with Crippen LogP contribution in [0.2, 0.25) is 0 Å². The summed E-state index contributed by atoms with van der Waals surface area (Å²) < 4.78 is 5.98. The second-order valence-corrected chi connectivity index (χ2v) is 8.86. The molecule has 108 valence electrons. The SMILES string of the molecule is CC(C)CP1CCC[C@@H]1C1=N[C@@H](c2ccccc2)CO1. The van der Waals surface area contributed by atoms with E-state index in [0.29, 0.717) is 5.66 Å². The number of hydrogen-bond donors (Lipinski definition) is 0. The molecule has 1 unspecified atom stereocenters. The zero-order chi connectivity index (χ0) is 13.9. The molecular formula is C17H24NOP. The predicted molar refractivity (Wildman–Crippen MR) is 87.1 cm³/mol. The van der Waals surface area contributed by atoms with Crippen LogP contribution in [-0.2, 0) is 4.74 Å². The Balaban J connectivity index is 1.71. The van der Waals surface area contributed by atoms with Crippen LogP contribution in [0.15, 0.2) is 35.3 Å². The Labute approximate surface area is 123 Å². The molecule has 1 aromatic rings. The molecule has 2 aliphatic heterocycles. The summed E-state index contributed by atoms with van der Waals surface area (Å²) in [5, 5.41) is 0. The Bertz CT molecular complexity index is 471. The number of benzene rings is 1. The molecule has 0 aliphatic carbocycles. The van der Waals surface area contributed by atoms with E-state index in [1.54, 1.807) is 0 Å². The van der Waals surface area contributed by atoms with Crippen LogP contribution in [0.5, 0.6) is 0 Å². The molecule has 3 heteroatoms. The van der Waals surface area contributed by atoms with E-state index in [-0.39, 0.29) is 14.0 Å². The topological polar surface area (TPSA) is 21.6 Å². The lowest BCUT2D eigenvalue weighted by molar-refractivity contribution is 0.312. The highest BCUT2D eigenvalue weighted by molar-refractivity contribution is 7.59. The summed E-state index contributed by atoms with van der Waals surface area (Å²) in [6.45, 7) is 5.41. The fraction of sp³-hybridized carbons (Fsp3) is 0.588. The summed E-state index contributed by atoms with van der Waals surface area (Å²) in [5.74, 6) is 1.87. The summed E-state index contributed by atoms with van der Waals surface area (Å²) in [4.78, 5) is 4.91. The molecule has 0 bridgehead atoms. The summed E-state index contributed by atoms with van der Waals surface area (Å²) in [5.41, 5.74) is 1.93. The first-order valence-corrected chi connectivity index (χ1v) is 9.51. The highest BCUT2D eigenvalue weighted by atomic mass is 31.1. The summed E-state index contributed by atoms with van der Waals surface area (Å²) in [7, 11) is 0.0972. The van der Waals surface area contributed by atoms with Gasteiger partial charge >= 0.3 is 0 Å². The van der Waals surface area contributed by atoms with Crippen molar-refractivity contribution >= 4 is 13.8 Å². The maximum atomic E-state index is 5.98. The van der Waals surface area contributed by atoms with Crippen molar-refractivity contribution in [1.29, 1.82) is 0 Å². The largest absolute Gasteiger partial charge is 0.478 e. The molecule has 2 heterocycles. The molecule has 2 aliphatic rings. The van der Waals surface area contributed by atoms with Crippen molar-refractivity contribution < 1.29 is 4.74 Å². The second-order valence-electron chi connectivity index (χ2n) is 6.25. The van der Waals surface area contributed by atoms with E-state index >= 15 is 0 Å². The van der Waals surface area contributed by atoms with Gasteiger partial charge in [0.2, 0.25) is 0 Å². The molecule has 0 spiro atoms. The molecular weight excluding hydrogens is 265 g/mol. The molecule has 20 heavy (non-hydrogen) atoms. The van der Waals surface area contributed by atoms with Crippen molar-refractivity contribution in [2.75, 3.05) is 18.9 Å². The van der Waals surface area contributed by atoms with E-state index in [1.807, 2.05) is 0 Å². The maximum absolute atomic E-state index is 5.98. The Kier molecular flexibility index (Phi) is 4.41. The summed E-state index contributed by atoms with van der Waals surface area (Å²) in [6.07, 6.45) is 5.44. The first-order valence-electron chi connectivity index (χ1n) is 7.73. The Hall–Kier alpha value is -0.880. The number of ether oxygens (including phenoxy) is 1. The number of rotatable bonds is 4. The third-order valence-corrected chi connectivity index (χ3v) is 7.56. The van der Waals surface area contributed by atoms with Gasteiger partial charge in [0.05, 0.1) is 5.66 Å². The highest BCUT2D eigenvalue weighted by Crippen LogP contribution is 2.52. The molecule has 0 N–H and O–H groups in total. The standard InChI is InChI=1S/C17H24NOP/c1-13(2)12-20-10-6-9-16(20)17-18-15(11-19-17)14-7-4-3-5-8-14/h3-5,7-8,13,15-16H,6,9-12H2,1-2H3/t15-,16-,20?/m1/s1. The number of nitrogens with zero attached hydrogens (tertiary/aromatic N) is 1. The van der Waals surface area contributed by atoms with Gasteiger partial charge in [0, 0.05) is 0 Å². The minimum Gasteiger partial charge on any atom is -0.478 e. The molecule has 0 saturated carbocycles. The fourth-order valence-corrected chi connectivity index (χ4v) is 6.49. The lowest BCUT2D eigenvalue weighted by atomic mass is 10.1. The highest BCUT2D eigenvalue weighted by Gasteiger charge is 2.35. The molecule has 0 radical (unpaired) electrons. The summed E-state index contributed by atoms with van der Waals surface area (Å²) in [6, 6.07) is 10.8. The van der Waals surface area contributed by atoms with Gasteiger partial charge in [-0.15, -0.1) is 0 Å². The smallest absolute Gasteiger partial charge is 0.191 e. The van der Waals surface area contributed by atoms with Crippen LogP contribution < -0.4 is 0 Å². The van der Waals surface area contributed by atoms with Gasteiger partial charge < -0.3 is 4.74 Å². The van der Waals surface area contributed by atoms with Crippen LogP contribution in [0.4, 0.5) is 0 Å². The Morgan fingerprint density at radius 3 is 2.85 bits per heavy atom. The van der Waals surface area contributed by atoms with E-state index in [9.17, 15) is 0 Å². The van der Waals surface area contributed by atoms with Crippen LogP contribution >= 0.6 is 7.92 Å². The van der Waals surface area contributed by atoms with Crippen molar-refractivity contribution in [3.63, 3.8) is 0 Å². The van der Waals surface area contributed by atoms with Crippen LogP contribution in [0.1, 0.15) is 38.3 Å². The average Bonchev–Trinajstić information content (AvgIpc) is 3.07. The lowest BCUT2D eigenvalue weighted by Crippen LogP contribution is -2.18. The van der Waals surface area contributed by atoms with E-state index in [4.69, 9.17) is 9.73 Å². The number of aliphatic imine (C=N–C) groups is 1. The van der Waals surface area contributed by atoms with Gasteiger partial charge in [-0.2, -0.15) is 0 Å². The van der Waals surface area contributed by atoms with Crippen LogP contribution in [0.25, 0.3) is 0 Å². The minimum atomic E-state index is 0.0972. The zero-order valence-electron chi connectivity index (χ0n) is 12.5. The Morgan fingerprint density at radius 1 is 1.30 bits per heavy atom. The van der Waals surface area contributed by atoms with Gasteiger partial charge in [0.1, 0.15) is 12.6 Å². The molecule has 0 amide bonds. The van der Waals surface area contributed by atoms with Crippen molar-refractivity contribution in [2.45, 2.75) is 38.4 Å². The quantitative estimate of drug-likeness (QED) is 0.750. The normalized spacial score (nSPS) is 29.6. The summed E-state index contributed by atoms with van der Waals surface area (Å²) >= 11 is 0. The molecule has 3 rings (SSSR count). The zero-order valence-corrected chi connectivity index (χ0v) is 13.4. The molecule has 1 aromatic carbocycles. The molecule has 2 nitrogen and oxygen atoms in total. The first-order chi connectivity index (χ1) is 9.74. The van der Waals surface area contributed by atoms with Crippen LogP contribution in [-0.4, -0.2) is 30.5 Å². The van der Waals surface area contributed by atoms with Gasteiger partial charge in [-0.3, -0.25) is 0 Å². The van der Waals surface area contributed by atoms with Crippen LogP contribution in [0.3, 0.4) is 0 Å².